The van der Waals surface area contributed by atoms with E-state index in [1.807, 2.05) is 60.7 Å². The number of nitrogens with one attached hydrogen (secondary N) is 1. The molecule has 34 heavy (non-hydrogen) atoms. The molecule has 0 saturated carbocycles. The van der Waals surface area contributed by atoms with Crippen LogP contribution < -0.4 is 5.32 Å². The van der Waals surface area contributed by atoms with Crippen molar-refractivity contribution < 1.29 is 19.1 Å². The van der Waals surface area contributed by atoms with E-state index in [0.29, 0.717) is 25.1 Å². The van der Waals surface area contributed by atoms with E-state index in [2.05, 4.69) is 38.2 Å². The van der Waals surface area contributed by atoms with Crippen molar-refractivity contribution in [2.75, 3.05) is 18.5 Å². The molecule has 3 rings (SSSR count). The number of hydrogen-bond acceptors (Lipinski definition) is 4. The predicted octanol–water partition coefficient (Wildman–Crippen LogP) is 6.13. The van der Waals surface area contributed by atoms with Gasteiger partial charge >= 0.3 is 12.1 Å². The lowest BCUT2D eigenvalue weighted by atomic mass is 9.84. The van der Waals surface area contributed by atoms with Crippen molar-refractivity contribution in [1.82, 2.24) is 0 Å². The number of carbonyl (C=O) groups excluding carboxylic acids is 2. The smallest absolute Gasteiger partial charge is 0.411 e. The summed E-state index contributed by atoms with van der Waals surface area (Å²) in [4.78, 5) is 23.8. The molecule has 1 N–H and O–H groups in total. The molecule has 0 spiro atoms. The molecule has 0 aliphatic rings. The summed E-state index contributed by atoms with van der Waals surface area (Å²) in [7, 11) is 0. The summed E-state index contributed by atoms with van der Waals surface area (Å²) in [5.41, 5.74) is 5.76. The topological polar surface area (TPSA) is 64.6 Å². The lowest BCUT2D eigenvalue weighted by Crippen LogP contribution is -2.14. The molecule has 1 unspecified atom stereocenters. The van der Waals surface area contributed by atoms with Crippen LogP contribution in [0.2, 0.25) is 0 Å². The molecule has 1 atom stereocenters. The molecule has 3 radical (unpaired) electrons. The van der Waals surface area contributed by atoms with Crippen LogP contribution in [0.3, 0.4) is 0 Å². The maximum atomic E-state index is 11.9. The van der Waals surface area contributed by atoms with Gasteiger partial charge in [0.1, 0.15) is 0 Å². The van der Waals surface area contributed by atoms with Gasteiger partial charge in [-0.15, -0.1) is 0 Å². The standard InChI is InChI=1S/C29H30NO4/c1-4-18-33-27(31)20-22-8-12-24(13-9-22)28(23-10-6-21(3)7-11-23)25-14-16-26(17-15-25)30-29(32)34-19-5-2/h6-17,28H,1-5,18-20H2,(H,30,32). The zero-order chi connectivity index (χ0) is 24.3. The maximum Gasteiger partial charge on any atom is 0.411 e. The Morgan fingerprint density at radius 1 is 0.735 bits per heavy atom. The molecule has 0 fully saturated rings. The SMILES string of the molecule is [CH2]CCOC(=O)Cc1ccc(C(c2ccc([CH2])cc2)c2ccc(NC(=O)OCC[CH2])cc2)cc1. The molecule has 0 aliphatic carbocycles. The lowest BCUT2D eigenvalue weighted by Gasteiger charge is -2.20. The Balaban J connectivity index is 1.83. The largest absolute Gasteiger partial charge is 0.465 e. The summed E-state index contributed by atoms with van der Waals surface area (Å²) >= 11 is 0. The van der Waals surface area contributed by atoms with Crippen LogP contribution in [0.25, 0.3) is 0 Å². The van der Waals surface area contributed by atoms with Crippen LogP contribution in [0.15, 0.2) is 72.8 Å². The summed E-state index contributed by atoms with van der Waals surface area (Å²) in [5, 5.41) is 2.73. The Morgan fingerprint density at radius 3 is 1.79 bits per heavy atom. The number of rotatable bonds is 10. The molecular formula is C29H30NO4. The molecule has 0 heterocycles. The van der Waals surface area contributed by atoms with Crippen molar-refractivity contribution in [2.24, 2.45) is 0 Å². The fraction of sp³-hybridized carbons (Fsp3) is 0.207. The van der Waals surface area contributed by atoms with Gasteiger partial charge < -0.3 is 9.47 Å². The van der Waals surface area contributed by atoms with Crippen molar-refractivity contribution >= 4 is 17.7 Å². The highest BCUT2D eigenvalue weighted by Gasteiger charge is 2.17. The third kappa shape index (κ3) is 7.20. The van der Waals surface area contributed by atoms with Gasteiger partial charge in [-0.05, 0) is 73.6 Å². The second-order valence-corrected chi connectivity index (χ2v) is 7.90. The van der Waals surface area contributed by atoms with E-state index in [1.165, 1.54) is 0 Å². The van der Waals surface area contributed by atoms with E-state index in [1.54, 1.807) is 0 Å². The van der Waals surface area contributed by atoms with Gasteiger partial charge in [0.2, 0.25) is 0 Å². The van der Waals surface area contributed by atoms with Crippen molar-refractivity contribution in [3.63, 3.8) is 0 Å². The number of benzene rings is 3. The first kappa shape index (κ1) is 25.0. The van der Waals surface area contributed by atoms with Gasteiger partial charge in [-0.3, -0.25) is 10.1 Å². The predicted molar refractivity (Wildman–Crippen MR) is 134 cm³/mol. The maximum absolute atomic E-state index is 11.9. The molecule has 0 aliphatic heterocycles. The van der Waals surface area contributed by atoms with Gasteiger partial charge in [0.15, 0.2) is 0 Å². The monoisotopic (exact) mass is 456 g/mol. The van der Waals surface area contributed by atoms with Crippen LogP contribution in [-0.4, -0.2) is 25.3 Å². The summed E-state index contributed by atoms with van der Waals surface area (Å²) in [5.74, 6) is -0.282. The fourth-order valence-electron chi connectivity index (χ4n) is 3.60. The number of hydrogen-bond donors (Lipinski definition) is 1. The van der Waals surface area contributed by atoms with Gasteiger partial charge in [0.05, 0.1) is 19.6 Å². The van der Waals surface area contributed by atoms with Crippen LogP contribution in [0.4, 0.5) is 10.5 Å². The van der Waals surface area contributed by atoms with Crippen LogP contribution in [0.5, 0.6) is 0 Å². The second-order valence-electron chi connectivity index (χ2n) is 7.90. The highest BCUT2D eigenvalue weighted by atomic mass is 16.5. The zero-order valence-electron chi connectivity index (χ0n) is 19.3. The lowest BCUT2D eigenvalue weighted by molar-refractivity contribution is -0.142. The second kappa shape index (κ2) is 12.6. The van der Waals surface area contributed by atoms with E-state index in [4.69, 9.17) is 9.47 Å². The minimum absolute atomic E-state index is 0.0278. The normalized spacial score (nSPS) is 11.5. The molecule has 5 nitrogen and oxygen atoms in total. The minimum atomic E-state index is -0.497. The average Bonchev–Trinajstić information content (AvgIpc) is 2.85. The van der Waals surface area contributed by atoms with Gasteiger partial charge in [0.25, 0.3) is 0 Å². The third-order valence-corrected chi connectivity index (χ3v) is 5.25. The minimum Gasteiger partial charge on any atom is -0.465 e. The van der Waals surface area contributed by atoms with Crippen molar-refractivity contribution in [1.29, 1.82) is 0 Å². The zero-order valence-corrected chi connectivity index (χ0v) is 19.3. The Bertz CT molecular complexity index is 991. The molecule has 0 saturated heterocycles. The van der Waals surface area contributed by atoms with E-state index < -0.39 is 6.09 Å². The van der Waals surface area contributed by atoms with Crippen molar-refractivity contribution in [2.45, 2.75) is 25.2 Å². The van der Waals surface area contributed by atoms with E-state index in [0.717, 1.165) is 27.8 Å². The van der Waals surface area contributed by atoms with Gasteiger partial charge in [-0.25, -0.2) is 4.79 Å². The van der Waals surface area contributed by atoms with Crippen molar-refractivity contribution in [3.8, 4) is 0 Å². The van der Waals surface area contributed by atoms with E-state index in [9.17, 15) is 9.59 Å². The molecule has 0 aromatic heterocycles. The summed E-state index contributed by atoms with van der Waals surface area (Å²) in [6.45, 7) is 11.9. The van der Waals surface area contributed by atoms with Crippen LogP contribution in [0, 0.1) is 20.8 Å². The highest BCUT2D eigenvalue weighted by molar-refractivity contribution is 5.84. The highest BCUT2D eigenvalue weighted by Crippen LogP contribution is 2.33. The summed E-state index contributed by atoms with van der Waals surface area (Å²) in [6.07, 6.45) is 0.815. The molecule has 0 bridgehead atoms. The van der Waals surface area contributed by atoms with Gasteiger partial charge in [-0.2, -0.15) is 0 Å². The van der Waals surface area contributed by atoms with Crippen LogP contribution in [-0.2, 0) is 20.7 Å². The Morgan fingerprint density at radius 2 is 1.24 bits per heavy atom. The molecule has 5 heteroatoms. The summed E-state index contributed by atoms with van der Waals surface area (Å²) in [6, 6.07) is 23.8. The number of esters is 1. The molecule has 3 aromatic rings. The first-order valence-corrected chi connectivity index (χ1v) is 11.3. The molecule has 3 aromatic carbocycles. The quantitative estimate of drug-likeness (QED) is 0.294. The summed E-state index contributed by atoms with van der Waals surface area (Å²) < 4.78 is 10.2. The molecule has 1 amide bonds. The first-order chi connectivity index (χ1) is 16.5. The Labute approximate surface area is 202 Å². The van der Waals surface area contributed by atoms with E-state index >= 15 is 0 Å². The number of carbonyl (C=O) groups is 2. The fourth-order valence-corrected chi connectivity index (χ4v) is 3.60. The van der Waals surface area contributed by atoms with Crippen molar-refractivity contribution in [3.05, 3.63) is 121 Å². The average molecular weight is 457 g/mol. The van der Waals surface area contributed by atoms with Crippen LogP contribution >= 0.6 is 0 Å². The number of ether oxygens (including phenoxy) is 2. The van der Waals surface area contributed by atoms with E-state index in [-0.39, 0.29) is 24.9 Å². The molecule has 175 valence electrons. The first-order valence-electron chi connectivity index (χ1n) is 11.3. The molecular weight excluding hydrogens is 426 g/mol. The number of anilines is 1. The Hall–Kier alpha value is -3.60. The third-order valence-electron chi connectivity index (χ3n) is 5.25. The van der Waals surface area contributed by atoms with Crippen LogP contribution in [0.1, 0.15) is 46.6 Å². The van der Waals surface area contributed by atoms with Gasteiger partial charge in [-0.1, -0.05) is 60.7 Å². The Kier molecular flexibility index (Phi) is 9.27. The number of amides is 1. The van der Waals surface area contributed by atoms with Gasteiger partial charge in [0, 0.05) is 11.6 Å².